The van der Waals surface area contributed by atoms with Gasteiger partial charge in [0.05, 0.1) is 5.92 Å². The molecule has 106 valence electrons. The zero-order chi connectivity index (χ0) is 14.7. The van der Waals surface area contributed by atoms with Gasteiger partial charge in [-0.15, -0.1) is 0 Å². The van der Waals surface area contributed by atoms with Gasteiger partial charge in [-0.25, -0.2) is 0 Å². The summed E-state index contributed by atoms with van der Waals surface area (Å²) in [4.78, 5) is 24.6. The molecular formula is C15H17NO4. The van der Waals surface area contributed by atoms with E-state index >= 15 is 0 Å². The van der Waals surface area contributed by atoms with Crippen LogP contribution >= 0.6 is 0 Å². The Bertz CT molecular complexity index is 535. The highest BCUT2D eigenvalue weighted by Crippen LogP contribution is 2.23. The van der Waals surface area contributed by atoms with Gasteiger partial charge in [-0.05, 0) is 29.7 Å². The summed E-state index contributed by atoms with van der Waals surface area (Å²) in [6.07, 6.45) is 3.09. The molecule has 1 saturated heterocycles. The third-order valence-electron chi connectivity index (χ3n) is 3.55. The largest absolute Gasteiger partial charge is 0.508 e. The second kappa shape index (κ2) is 5.77. The Labute approximate surface area is 117 Å². The second-order valence-electron chi connectivity index (χ2n) is 5.09. The lowest BCUT2D eigenvalue weighted by Crippen LogP contribution is -2.28. The number of phenols is 1. The lowest BCUT2D eigenvalue weighted by molar-refractivity contribution is -0.142. The number of phenolic OH excluding ortho intramolecular Hbond substituents is 1. The van der Waals surface area contributed by atoms with Gasteiger partial charge in [-0.1, -0.05) is 19.1 Å². The highest BCUT2D eigenvalue weighted by atomic mass is 16.4. The number of carboxylic acid groups (broad SMARTS) is 1. The van der Waals surface area contributed by atoms with Crippen molar-refractivity contribution in [3.05, 3.63) is 35.9 Å². The van der Waals surface area contributed by atoms with Crippen molar-refractivity contribution in [2.75, 3.05) is 13.1 Å². The molecule has 0 saturated carbocycles. The second-order valence-corrected chi connectivity index (χ2v) is 5.09. The first-order chi connectivity index (χ1) is 9.47. The number of carbonyl (C=O) groups excluding carboxylic acids is 1. The van der Waals surface area contributed by atoms with E-state index in [9.17, 15) is 9.59 Å². The molecule has 5 heteroatoms. The predicted octanol–water partition coefficient (Wildman–Crippen LogP) is 1.58. The molecule has 1 aliphatic rings. The van der Waals surface area contributed by atoms with Crippen LogP contribution in [0.15, 0.2) is 30.3 Å². The molecule has 1 fully saturated rings. The fourth-order valence-corrected chi connectivity index (χ4v) is 2.33. The van der Waals surface area contributed by atoms with E-state index in [0.29, 0.717) is 6.54 Å². The molecule has 0 aromatic heterocycles. The van der Waals surface area contributed by atoms with Gasteiger partial charge in [0.2, 0.25) is 5.91 Å². The normalized spacial score (nSPS) is 22.4. The number of nitrogens with zero attached hydrogens (tertiary/aromatic N) is 1. The molecule has 0 radical (unpaired) electrons. The summed E-state index contributed by atoms with van der Waals surface area (Å²) < 4.78 is 0. The number of amides is 1. The van der Waals surface area contributed by atoms with Gasteiger partial charge in [0.1, 0.15) is 5.75 Å². The summed E-state index contributed by atoms with van der Waals surface area (Å²) in [5.41, 5.74) is 0.804. The van der Waals surface area contributed by atoms with Crippen LogP contribution in [0, 0.1) is 11.8 Å². The number of likely N-dealkylation sites (tertiary alicyclic amines) is 1. The third kappa shape index (κ3) is 3.17. The SMILES string of the molecule is C[C@@H]1CN(C(=O)/C=C/c2ccc(O)cc2)C[C@H]1C(=O)O. The van der Waals surface area contributed by atoms with Crippen molar-refractivity contribution in [2.24, 2.45) is 11.8 Å². The number of aromatic hydroxyl groups is 1. The van der Waals surface area contributed by atoms with Crippen LogP contribution in [0.4, 0.5) is 0 Å². The van der Waals surface area contributed by atoms with Gasteiger partial charge in [-0.3, -0.25) is 9.59 Å². The summed E-state index contributed by atoms with van der Waals surface area (Å²) in [5.74, 6) is -1.38. The lowest BCUT2D eigenvalue weighted by atomic mass is 9.99. The number of hydrogen-bond donors (Lipinski definition) is 2. The number of benzene rings is 1. The summed E-state index contributed by atoms with van der Waals surface area (Å²) in [5, 5.41) is 18.2. The Morgan fingerprint density at radius 2 is 1.90 bits per heavy atom. The molecule has 0 bridgehead atoms. The van der Waals surface area contributed by atoms with E-state index in [4.69, 9.17) is 10.2 Å². The summed E-state index contributed by atoms with van der Waals surface area (Å²) in [6.45, 7) is 2.57. The molecule has 1 aromatic carbocycles. The van der Waals surface area contributed by atoms with E-state index in [0.717, 1.165) is 5.56 Å². The van der Waals surface area contributed by atoms with Crippen molar-refractivity contribution in [2.45, 2.75) is 6.92 Å². The van der Waals surface area contributed by atoms with Gasteiger partial charge in [0, 0.05) is 19.2 Å². The quantitative estimate of drug-likeness (QED) is 0.821. The van der Waals surface area contributed by atoms with Crippen LogP contribution in [0.2, 0.25) is 0 Å². The minimum atomic E-state index is -0.852. The number of carbonyl (C=O) groups is 2. The summed E-state index contributed by atoms with van der Waals surface area (Å²) in [7, 11) is 0. The maximum absolute atomic E-state index is 12.0. The molecular weight excluding hydrogens is 258 g/mol. The van der Waals surface area contributed by atoms with E-state index < -0.39 is 11.9 Å². The Kier molecular flexibility index (Phi) is 4.08. The van der Waals surface area contributed by atoms with E-state index in [1.165, 1.54) is 6.08 Å². The van der Waals surface area contributed by atoms with E-state index in [-0.39, 0.29) is 24.1 Å². The van der Waals surface area contributed by atoms with Crippen molar-refractivity contribution >= 4 is 18.0 Å². The molecule has 0 aliphatic carbocycles. The van der Waals surface area contributed by atoms with Crippen molar-refractivity contribution in [3.8, 4) is 5.75 Å². The molecule has 2 atom stereocenters. The van der Waals surface area contributed by atoms with Gasteiger partial charge in [0.25, 0.3) is 0 Å². The molecule has 1 aliphatic heterocycles. The fraction of sp³-hybridized carbons (Fsp3) is 0.333. The molecule has 5 nitrogen and oxygen atoms in total. The molecule has 2 rings (SSSR count). The highest BCUT2D eigenvalue weighted by Gasteiger charge is 2.36. The monoisotopic (exact) mass is 275 g/mol. The number of aliphatic carboxylic acids is 1. The first-order valence-corrected chi connectivity index (χ1v) is 6.46. The zero-order valence-electron chi connectivity index (χ0n) is 11.2. The lowest BCUT2D eigenvalue weighted by Gasteiger charge is -2.12. The van der Waals surface area contributed by atoms with Gasteiger partial charge in [-0.2, -0.15) is 0 Å². The highest BCUT2D eigenvalue weighted by molar-refractivity contribution is 5.92. The van der Waals surface area contributed by atoms with Crippen molar-refractivity contribution in [1.29, 1.82) is 0 Å². The average molecular weight is 275 g/mol. The molecule has 1 heterocycles. The number of rotatable bonds is 3. The molecule has 2 N–H and O–H groups in total. The summed E-state index contributed by atoms with van der Waals surface area (Å²) in [6, 6.07) is 6.49. The Morgan fingerprint density at radius 1 is 1.25 bits per heavy atom. The maximum Gasteiger partial charge on any atom is 0.308 e. The van der Waals surface area contributed by atoms with Crippen molar-refractivity contribution < 1.29 is 19.8 Å². The van der Waals surface area contributed by atoms with Gasteiger partial charge < -0.3 is 15.1 Å². The van der Waals surface area contributed by atoms with Crippen LogP contribution in [0.3, 0.4) is 0 Å². The molecule has 0 spiro atoms. The molecule has 20 heavy (non-hydrogen) atoms. The molecule has 1 aromatic rings. The van der Waals surface area contributed by atoms with Gasteiger partial charge >= 0.3 is 5.97 Å². The van der Waals surface area contributed by atoms with Crippen molar-refractivity contribution in [3.63, 3.8) is 0 Å². The van der Waals surface area contributed by atoms with Crippen LogP contribution in [0.25, 0.3) is 6.08 Å². The average Bonchev–Trinajstić information content (AvgIpc) is 2.80. The smallest absolute Gasteiger partial charge is 0.308 e. The Morgan fingerprint density at radius 3 is 2.45 bits per heavy atom. The first kappa shape index (κ1) is 14.1. The molecule has 0 unspecified atom stereocenters. The fourth-order valence-electron chi connectivity index (χ4n) is 2.33. The first-order valence-electron chi connectivity index (χ1n) is 6.46. The van der Waals surface area contributed by atoms with Crippen LogP contribution in [0.5, 0.6) is 5.75 Å². The van der Waals surface area contributed by atoms with Crippen LogP contribution in [0.1, 0.15) is 12.5 Å². The van der Waals surface area contributed by atoms with Crippen LogP contribution < -0.4 is 0 Å². The van der Waals surface area contributed by atoms with E-state index in [1.54, 1.807) is 35.2 Å². The molecule has 1 amide bonds. The Balaban J connectivity index is 1.99. The minimum absolute atomic E-state index is 0.0291. The Hall–Kier alpha value is -2.30. The van der Waals surface area contributed by atoms with Crippen LogP contribution in [-0.4, -0.2) is 40.1 Å². The summed E-state index contributed by atoms with van der Waals surface area (Å²) >= 11 is 0. The number of carboxylic acids is 1. The van der Waals surface area contributed by atoms with Crippen LogP contribution in [-0.2, 0) is 9.59 Å². The maximum atomic E-state index is 12.0. The van der Waals surface area contributed by atoms with E-state index in [2.05, 4.69) is 0 Å². The zero-order valence-corrected chi connectivity index (χ0v) is 11.2. The van der Waals surface area contributed by atoms with E-state index in [1.807, 2.05) is 6.92 Å². The van der Waals surface area contributed by atoms with Crippen molar-refractivity contribution in [1.82, 2.24) is 4.90 Å². The topological polar surface area (TPSA) is 77.8 Å². The van der Waals surface area contributed by atoms with Gasteiger partial charge in [0.15, 0.2) is 0 Å². The third-order valence-corrected chi connectivity index (χ3v) is 3.55. The number of hydrogen-bond acceptors (Lipinski definition) is 3. The standard InChI is InChI=1S/C15H17NO4/c1-10-8-16(9-13(10)15(19)20)14(18)7-4-11-2-5-12(17)6-3-11/h2-7,10,13,17H,8-9H2,1H3,(H,19,20)/b7-4+/t10-,13-/m1/s1. The minimum Gasteiger partial charge on any atom is -0.508 e. The predicted molar refractivity (Wildman–Crippen MR) is 74.0 cm³/mol.